The summed E-state index contributed by atoms with van der Waals surface area (Å²) in [5, 5.41) is 22.4. The van der Waals surface area contributed by atoms with Crippen LogP contribution in [0.5, 0.6) is 0 Å². The summed E-state index contributed by atoms with van der Waals surface area (Å²) in [6, 6.07) is 5.10. The molecule has 1 aromatic heterocycles. The fourth-order valence-electron chi connectivity index (χ4n) is 5.96. The largest absolute Gasteiger partial charge is 0.468 e. The lowest BCUT2D eigenvalue weighted by molar-refractivity contribution is -0.385. The van der Waals surface area contributed by atoms with Gasteiger partial charge in [-0.2, -0.15) is 10.2 Å². The molecule has 0 N–H and O–H groups in total. The number of esters is 1. The highest BCUT2D eigenvalue weighted by Crippen LogP contribution is 2.46. The number of carbonyl (C=O) groups is 2. The minimum Gasteiger partial charge on any atom is -0.468 e. The molecule has 0 saturated carbocycles. The molecule has 0 bridgehead atoms. The smallest absolute Gasteiger partial charge is 0.410 e. The SMILES string of the molecule is COC(=O)C1(Cc2nc(Cl)nc(N3CCN(C(=O)OC(C)(C)C)[C@@H](CC#N)C3)c2[N+](=O)[O-])CCCc2c1ccc(C)c2Cl. The number of nitrogens with zero attached hydrogens (tertiary/aromatic N) is 6. The number of aromatic nitrogens is 2. The molecule has 2 aliphatic rings. The third kappa shape index (κ3) is 6.48. The Balaban J connectivity index is 1.78. The van der Waals surface area contributed by atoms with Gasteiger partial charge >= 0.3 is 17.7 Å². The molecule has 2 heterocycles. The molecule has 12 nitrogen and oxygen atoms in total. The van der Waals surface area contributed by atoms with Crippen molar-refractivity contribution in [2.45, 2.75) is 76.9 Å². The predicted molar refractivity (Wildman–Crippen MR) is 159 cm³/mol. The molecule has 1 saturated heterocycles. The van der Waals surface area contributed by atoms with E-state index in [9.17, 15) is 25.0 Å². The van der Waals surface area contributed by atoms with E-state index in [0.717, 1.165) is 11.1 Å². The van der Waals surface area contributed by atoms with Crippen molar-refractivity contribution in [3.63, 3.8) is 0 Å². The Morgan fingerprint density at radius 1 is 1.26 bits per heavy atom. The van der Waals surface area contributed by atoms with Crippen molar-refractivity contribution in [2.75, 3.05) is 31.6 Å². The van der Waals surface area contributed by atoms with Gasteiger partial charge in [-0.25, -0.2) is 9.78 Å². The summed E-state index contributed by atoms with van der Waals surface area (Å²) in [6.45, 7) is 7.47. The van der Waals surface area contributed by atoms with E-state index in [1.54, 1.807) is 25.7 Å². The van der Waals surface area contributed by atoms with Crippen LogP contribution in [0.3, 0.4) is 0 Å². The van der Waals surface area contributed by atoms with Crippen LogP contribution in [-0.4, -0.2) is 70.2 Å². The molecule has 0 spiro atoms. The number of benzene rings is 1. The number of amides is 1. The third-order valence-electron chi connectivity index (χ3n) is 7.86. The third-order valence-corrected chi connectivity index (χ3v) is 8.55. The van der Waals surface area contributed by atoms with Gasteiger partial charge in [0.1, 0.15) is 11.3 Å². The number of hydrogen-bond donors (Lipinski definition) is 0. The van der Waals surface area contributed by atoms with Crippen LogP contribution in [-0.2, 0) is 32.5 Å². The quantitative estimate of drug-likeness (QED) is 0.177. The zero-order valence-corrected chi connectivity index (χ0v) is 26.3. The molecule has 1 unspecified atom stereocenters. The first-order valence-electron chi connectivity index (χ1n) is 13.9. The number of fused-ring (bicyclic) bond motifs is 1. The minimum absolute atomic E-state index is 0.0265. The number of methoxy groups -OCH3 is 1. The Morgan fingerprint density at radius 2 is 1.98 bits per heavy atom. The van der Waals surface area contributed by atoms with Gasteiger partial charge in [-0.3, -0.25) is 14.9 Å². The summed E-state index contributed by atoms with van der Waals surface area (Å²) in [5.41, 5.74) is -0.156. The second-order valence-electron chi connectivity index (χ2n) is 11.8. The van der Waals surface area contributed by atoms with E-state index in [0.29, 0.717) is 29.8 Å². The van der Waals surface area contributed by atoms with Gasteiger partial charge in [0.25, 0.3) is 0 Å². The van der Waals surface area contributed by atoms with Crippen LogP contribution in [0.15, 0.2) is 12.1 Å². The van der Waals surface area contributed by atoms with E-state index in [2.05, 4.69) is 16.0 Å². The van der Waals surface area contributed by atoms with Crippen LogP contribution in [0.1, 0.15) is 62.4 Å². The second kappa shape index (κ2) is 12.5. The Hall–Kier alpha value is -3.69. The van der Waals surface area contributed by atoms with Crippen LogP contribution in [0, 0.1) is 28.4 Å². The van der Waals surface area contributed by atoms with Crippen LogP contribution in [0.4, 0.5) is 16.3 Å². The van der Waals surface area contributed by atoms with Crippen molar-refractivity contribution in [1.29, 1.82) is 5.26 Å². The number of halogens is 2. The normalized spacial score (nSPS) is 20.2. The molecule has 4 rings (SSSR count). The van der Waals surface area contributed by atoms with Crippen molar-refractivity contribution in [1.82, 2.24) is 14.9 Å². The van der Waals surface area contributed by atoms with Gasteiger partial charge in [-0.15, -0.1) is 0 Å². The molecule has 1 aliphatic heterocycles. The average Bonchev–Trinajstić information content (AvgIpc) is 2.93. The van der Waals surface area contributed by atoms with Gasteiger partial charge in [0.2, 0.25) is 11.1 Å². The molecule has 230 valence electrons. The Bertz CT molecular complexity index is 1490. The molecule has 14 heteroatoms. The number of nitriles is 1. The zero-order valence-electron chi connectivity index (χ0n) is 24.8. The van der Waals surface area contributed by atoms with Crippen molar-refractivity contribution < 1.29 is 24.0 Å². The molecule has 1 aromatic carbocycles. The maximum absolute atomic E-state index is 13.5. The lowest BCUT2D eigenvalue weighted by Gasteiger charge is -2.41. The molecule has 1 aliphatic carbocycles. The van der Waals surface area contributed by atoms with Gasteiger partial charge in [0.05, 0.1) is 36.0 Å². The molecular weight excluding hydrogens is 599 g/mol. The molecule has 43 heavy (non-hydrogen) atoms. The van der Waals surface area contributed by atoms with E-state index in [1.807, 2.05) is 19.1 Å². The maximum atomic E-state index is 13.5. The van der Waals surface area contributed by atoms with Crippen molar-refractivity contribution in [3.8, 4) is 6.07 Å². The number of nitro groups is 1. The molecule has 2 atom stereocenters. The predicted octanol–water partition coefficient (Wildman–Crippen LogP) is 5.33. The Kier molecular flexibility index (Phi) is 9.37. The number of ether oxygens (including phenoxy) is 2. The van der Waals surface area contributed by atoms with E-state index in [4.69, 9.17) is 32.7 Å². The summed E-state index contributed by atoms with van der Waals surface area (Å²) in [6.07, 6.45) is 0.837. The summed E-state index contributed by atoms with van der Waals surface area (Å²) >= 11 is 13.0. The Labute approximate surface area is 260 Å². The maximum Gasteiger partial charge on any atom is 0.410 e. The van der Waals surface area contributed by atoms with E-state index >= 15 is 0 Å². The van der Waals surface area contributed by atoms with E-state index < -0.39 is 39.7 Å². The zero-order chi connectivity index (χ0) is 31.7. The highest BCUT2D eigenvalue weighted by Gasteiger charge is 2.48. The molecule has 2 aromatic rings. The molecule has 1 amide bonds. The standard InChI is InChI=1S/C29H34Cl2N6O6/c1-17-8-9-20-19(22(17)30)7-6-11-29(20,25(38)42-5)15-21-23(37(40)41)24(34-26(31)33-21)35-13-14-36(18(16-35)10-12-32)27(39)43-28(2,3)4/h8-9,18H,6-7,10-11,13-16H2,1-5H3/t18-,29?/m0/s1. The number of piperazine rings is 1. The second-order valence-corrected chi connectivity index (χ2v) is 12.5. The fourth-order valence-corrected chi connectivity index (χ4v) is 6.40. The highest BCUT2D eigenvalue weighted by molar-refractivity contribution is 6.32. The first-order chi connectivity index (χ1) is 20.2. The highest BCUT2D eigenvalue weighted by atomic mass is 35.5. The van der Waals surface area contributed by atoms with Gasteiger partial charge in [0.15, 0.2) is 0 Å². The average molecular weight is 634 g/mol. The summed E-state index contributed by atoms with van der Waals surface area (Å²) in [5.74, 6) is -0.608. The van der Waals surface area contributed by atoms with Gasteiger partial charge in [-0.1, -0.05) is 23.7 Å². The van der Waals surface area contributed by atoms with Gasteiger partial charge < -0.3 is 19.3 Å². The van der Waals surface area contributed by atoms with Crippen molar-refractivity contribution in [3.05, 3.63) is 54.9 Å². The van der Waals surface area contributed by atoms with Gasteiger partial charge in [-0.05, 0) is 75.2 Å². The summed E-state index contributed by atoms with van der Waals surface area (Å²) in [7, 11) is 1.28. The first-order valence-corrected chi connectivity index (χ1v) is 14.7. The van der Waals surface area contributed by atoms with Crippen molar-refractivity contribution >= 4 is 46.8 Å². The van der Waals surface area contributed by atoms with Crippen molar-refractivity contribution in [2.24, 2.45) is 0 Å². The van der Waals surface area contributed by atoms with Gasteiger partial charge in [0, 0.05) is 31.1 Å². The number of rotatable bonds is 6. The molecule has 1 fully saturated rings. The fraction of sp³-hybridized carbons (Fsp3) is 0.552. The molecule has 0 radical (unpaired) electrons. The van der Waals surface area contributed by atoms with Crippen LogP contribution in [0.25, 0.3) is 0 Å². The Morgan fingerprint density at radius 3 is 2.60 bits per heavy atom. The van der Waals surface area contributed by atoms with Crippen LogP contribution in [0.2, 0.25) is 10.3 Å². The summed E-state index contributed by atoms with van der Waals surface area (Å²) < 4.78 is 10.8. The lowest BCUT2D eigenvalue weighted by atomic mass is 9.67. The number of carbonyl (C=O) groups excluding carboxylic acids is 2. The lowest BCUT2D eigenvalue weighted by Crippen LogP contribution is -2.56. The van der Waals surface area contributed by atoms with Crippen LogP contribution < -0.4 is 4.90 Å². The first kappa shape index (κ1) is 32.2. The van der Waals surface area contributed by atoms with E-state index in [1.165, 1.54) is 12.0 Å². The summed E-state index contributed by atoms with van der Waals surface area (Å²) in [4.78, 5) is 50.0. The minimum atomic E-state index is -1.29. The molecular formula is C29H34Cl2N6O6. The number of anilines is 1. The number of hydrogen-bond acceptors (Lipinski definition) is 10. The number of aryl methyl sites for hydroxylation is 1. The topological polar surface area (TPSA) is 152 Å². The van der Waals surface area contributed by atoms with Crippen LogP contribution >= 0.6 is 23.2 Å². The van der Waals surface area contributed by atoms with E-state index in [-0.39, 0.29) is 49.3 Å². The monoisotopic (exact) mass is 632 g/mol.